The summed E-state index contributed by atoms with van der Waals surface area (Å²) in [4.78, 5) is 27.6. The van der Waals surface area contributed by atoms with E-state index >= 15 is 0 Å². The third-order valence-corrected chi connectivity index (χ3v) is 4.29. The van der Waals surface area contributed by atoms with E-state index in [-0.39, 0.29) is 11.9 Å². The minimum Gasteiger partial charge on any atom is -0.481 e. The van der Waals surface area contributed by atoms with E-state index < -0.39 is 11.9 Å². The molecule has 2 atom stereocenters. The minimum atomic E-state index is -0.807. The van der Waals surface area contributed by atoms with Crippen molar-refractivity contribution in [3.8, 4) is 0 Å². The molecule has 0 spiro atoms. The second-order valence-electron chi connectivity index (χ2n) is 6.20. The first-order chi connectivity index (χ1) is 11.1. The lowest BCUT2D eigenvalue weighted by Gasteiger charge is -2.27. The summed E-state index contributed by atoms with van der Waals surface area (Å²) in [5, 5.41) is 16.0. The largest absolute Gasteiger partial charge is 0.481 e. The molecule has 0 radical (unpaired) electrons. The van der Waals surface area contributed by atoms with Crippen LogP contribution in [0.25, 0.3) is 0 Å². The van der Waals surface area contributed by atoms with Gasteiger partial charge < -0.3 is 14.9 Å². The predicted octanol–water partition coefficient (Wildman–Crippen LogP) is 2.24. The van der Waals surface area contributed by atoms with Crippen LogP contribution in [0.4, 0.5) is 0 Å². The summed E-state index contributed by atoms with van der Waals surface area (Å²) < 4.78 is 5.00. The maximum Gasteiger partial charge on any atom is 0.308 e. The van der Waals surface area contributed by atoms with Crippen LogP contribution in [-0.4, -0.2) is 33.2 Å². The van der Waals surface area contributed by atoms with Crippen molar-refractivity contribution < 1.29 is 19.2 Å². The third kappa shape index (κ3) is 5.65. The lowest BCUT2D eigenvalue weighted by molar-refractivity contribution is -0.143. The van der Waals surface area contributed by atoms with Gasteiger partial charge in [0.2, 0.25) is 11.8 Å². The fourth-order valence-electron chi connectivity index (χ4n) is 3.07. The number of carboxylic acid groups (broad SMARTS) is 1. The van der Waals surface area contributed by atoms with Gasteiger partial charge in [-0.2, -0.15) is 4.98 Å². The van der Waals surface area contributed by atoms with Gasteiger partial charge in [-0.25, -0.2) is 0 Å². The average Bonchev–Trinajstić information content (AvgIpc) is 2.87. The Hall–Kier alpha value is -1.92. The number of aryl methyl sites for hydroxylation is 2. The Balaban J connectivity index is 1.79. The molecule has 0 saturated heterocycles. The summed E-state index contributed by atoms with van der Waals surface area (Å²) in [6.07, 6.45) is 6.95. The van der Waals surface area contributed by atoms with Gasteiger partial charge in [0.15, 0.2) is 5.82 Å². The quantitative estimate of drug-likeness (QED) is 0.831. The number of carbonyl (C=O) groups is 2. The molecule has 128 valence electrons. The van der Waals surface area contributed by atoms with Crippen molar-refractivity contribution in [1.82, 2.24) is 15.5 Å². The number of hydrogen-bond acceptors (Lipinski definition) is 5. The molecule has 0 aromatic carbocycles. The van der Waals surface area contributed by atoms with Crippen molar-refractivity contribution in [2.24, 2.45) is 5.92 Å². The first-order valence-corrected chi connectivity index (χ1v) is 8.37. The first kappa shape index (κ1) is 17.4. The Labute approximate surface area is 135 Å². The second-order valence-corrected chi connectivity index (χ2v) is 6.20. The number of rotatable bonds is 6. The second kappa shape index (κ2) is 8.64. The fourth-order valence-corrected chi connectivity index (χ4v) is 3.07. The van der Waals surface area contributed by atoms with E-state index in [1.165, 1.54) is 0 Å². The summed E-state index contributed by atoms with van der Waals surface area (Å²) in [7, 11) is 0. The van der Waals surface area contributed by atoms with Crippen molar-refractivity contribution in [3.05, 3.63) is 11.7 Å². The van der Waals surface area contributed by atoms with Gasteiger partial charge in [0.05, 0.1) is 5.92 Å². The van der Waals surface area contributed by atoms with Gasteiger partial charge in [-0.05, 0) is 26.2 Å². The van der Waals surface area contributed by atoms with Gasteiger partial charge in [0, 0.05) is 18.9 Å². The Morgan fingerprint density at radius 3 is 2.65 bits per heavy atom. The Morgan fingerprint density at radius 2 is 2.00 bits per heavy atom. The molecule has 2 N–H and O–H groups in total. The van der Waals surface area contributed by atoms with E-state index in [0.29, 0.717) is 37.4 Å². The van der Waals surface area contributed by atoms with Gasteiger partial charge >= 0.3 is 5.97 Å². The molecule has 0 aliphatic heterocycles. The molecule has 1 amide bonds. The molecule has 7 nitrogen and oxygen atoms in total. The van der Waals surface area contributed by atoms with E-state index in [9.17, 15) is 14.7 Å². The van der Waals surface area contributed by atoms with Crippen LogP contribution in [0, 0.1) is 12.8 Å². The SMILES string of the molecule is Cc1noc(CCCC(=O)NC2CCCCCCC2C(=O)O)n1. The first-order valence-electron chi connectivity index (χ1n) is 8.37. The van der Waals surface area contributed by atoms with Crippen LogP contribution in [0.3, 0.4) is 0 Å². The number of carboxylic acids is 1. The van der Waals surface area contributed by atoms with Crippen LogP contribution < -0.4 is 5.32 Å². The number of nitrogens with one attached hydrogen (secondary N) is 1. The smallest absolute Gasteiger partial charge is 0.308 e. The van der Waals surface area contributed by atoms with Crippen LogP contribution >= 0.6 is 0 Å². The topological polar surface area (TPSA) is 105 Å². The molecule has 1 heterocycles. The van der Waals surface area contributed by atoms with Crippen molar-refractivity contribution in [1.29, 1.82) is 0 Å². The Morgan fingerprint density at radius 1 is 1.26 bits per heavy atom. The monoisotopic (exact) mass is 323 g/mol. The fraction of sp³-hybridized carbons (Fsp3) is 0.750. The molecule has 1 saturated carbocycles. The van der Waals surface area contributed by atoms with Gasteiger partial charge in [-0.15, -0.1) is 0 Å². The molecule has 2 unspecified atom stereocenters. The van der Waals surface area contributed by atoms with E-state index in [0.717, 1.165) is 32.1 Å². The van der Waals surface area contributed by atoms with Crippen molar-refractivity contribution >= 4 is 11.9 Å². The highest BCUT2D eigenvalue weighted by Crippen LogP contribution is 2.23. The number of aromatic nitrogens is 2. The number of aliphatic carboxylic acids is 1. The summed E-state index contributed by atoms with van der Waals surface area (Å²) >= 11 is 0. The van der Waals surface area contributed by atoms with Crippen LogP contribution in [0.2, 0.25) is 0 Å². The molecule has 1 aromatic rings. The highest BCUT2D eigenvalue weighted by atomic mass is 16.5. The molecule has 23 heavy (non-hydrogen) atoms. The zero-order valence-corrected chi connectivity index (χ0v) is 13.6. The highest BCUT2D eigenvalue weighted by molar-refractivity contribution is 5.78. The Kier molecular flexibility index (Phi) is 6.55. The van der Waals surface area contributed by atoms with Gasteiger partial charge in [0.25, 0.3) is 0 Å². The molecule has 1 aromatic heterocycles. The lowest BCUT2D eigenvalue weighted by atomic mass is 9.86. The molecular formula is C16H25N3O4. The third-order valence-electron chi connectivity index (χ3n) is 4.29. The summed E-state index contributed by atoms with van der Waals surface area (Å²) in [6, 6.07) is -0.258. The summed E-state index contributed by atoms with van der Waals surface area (Å²) in [5.74, 6) is -0.262. The molecule has 7 heteroatoms. The minimum absolute atomic E-state index is 0.0990. The zero-order chi connectivity index (χ0) is 16.7. The van der Waals surface area contributed by atoms with Crippen LogP contribution in [-0.2, 0) is 16.0 Å². The zero-order valence-electron chi connectivity index (χ0n) is 13.6. The molecule has 1 fully saturated rings. The van der Waals surface area contributed by atoms with Crippen LogP contribution in [0.1, 0.15) is 63.1 Å². The Bertz CT molecular complexity index is 529. The average molecular weight is 323 g/mol. The lowest BCUT2D eigenvalue weighted by Crippen LogP contribution is -2.43. The highest BCUT2D eigenvalue weighted by Gasteiger charge is 2.29. The van der Waals surface area contributed by atoms with Crippen molar-refractivity contribution in [2.75, 3.05) is 0 Å². The number of carbonyl (C=O) groups excluding carboxylic acids is 1. The molecule has 1 aliphatic carbocycles. The van der Waals surface area contributed by atoms with Gasteiger partial charge in [-0.1, -0.05) is 30.8 Å². The van der Waals surface area contributed by atoms with E-state index in [2.05, 4.69) is 15.5 Å². The number of nitrogens with zero attached hydrogens (tertiary/aromatic N) is 2. The van der Waals surface area contributed by atoms with E-state index in [4.69, 9.17) is 4.52 Å². The molecule has 0 bridgehead atoms. The summed E-state index contributed by atoms with van der Waals surface area (Å²) in [6.45, 7) is 1.75. The predicted molar refractivity (Wildman–Crippen MR) is 82.7 cm³/mol. The number of amides is 1. The van der Waals surface area contributed by atoms with Crippen molar-refractivity contribution in [3.63, 3.8) is 0 Å². The van der Waals surface area contributed by atoms with Crippen LogP contribution in [0.5, 0.6) is 0 Å². The molecular weight excluding hydrogens is 298 g/mol. The van der Waals surface area contributed by atoms with E-state index in [1.807, 2.05) is 0 Å². The van der Waals surface area contributed by atoms with Crippen molar-refractivity contribution in [2.45, 2.75) is 70.8 Å². The number of hydrogen-bond donors (Lipinski definition) is 2. The van der Waals surface area contributed by atoms with E-state index in [1.54, 1.807) is 6.92 Å². The maximum atomic E-state index is 12.1. The maximum absolute atomic E-state index is 12.1. The molecule has 1 aliphatic rings. The van der Waals surface area contributed by atoms with Gasteiger partial charge in [-0.3, -0.25) is 9.59 Å². The van der Waals surface area contributed by atoms with Crippen LogP contribution in [0.15, 0.2) is 4.52 Å². The standard InChI is InChI=1S/C16H25N3O4/c1-11-17-15(23-19-11)10-6-9-14(20)18-13-8-5-3-2-4-7-12(13)16(21)22/h12-13H,2-10H2,1H3,(H,18,20)(H,21,22). The summed E-state index contributed by atoms with van der Waals surface area (Å²) in [5.41, 5.74) is 0. The molecule has 2 rings (SSSR count). The normalized spacial score (nSPS) is 22.1. The van der Waals surface area contributed by atoms with Gasteiger partial charge in [0.1, 0.15) is 0 Å².